The third-order valence-electron chi connectivity index (χ3n) is 2.98. The average molecular weight is 259 g/mol. The van der Waals surface area contributed by atoms with Crippen LogP contribution in [0.2, 0.25) is 10.0 Å². The molecule has 1 heterocycles. The third kappa shape index (κ3) is 2.82. The Bertz CT molecular complexity index is 348. The summed E-state index contributed by atoms with van der Waals surface area (Å²) >= 11 is 12.1. The Morgan fingerprint density at radius 1 is 1.19 bits per heavy atom. The van der Waals surface area contributed by atoms with Crippen molar-refractivity contribution in [1.29, 1.82) is 0 Å². The molecule has 0 amide bonds. The fourth-order valence-electron chi connectivity index (χ4n) is 2.10. The first-order valence-corrected chi connectivity index (χ1v) is 6.36. The van der Waals surface area contributed by atoms with Gasteiger partial charge in [-0.25, -0.2) is 0 Å². The molecule has 0 bridgehead atoms. The smallest absolute Gasteiger partial charge is 0.0441 e. The summed E-state index contributed by atoms with van der Waals surface area (Å²) in [7, 11) is 0. The van der Waals surface area contributed by atoms with Crippen molar-refractivity contribution < 1.29 is 0 Å². The van der Waals surface area contributed by atoms with E-state index in [0.29, 0.717) is 16.1 Å². The van der Waals surface area contributed by atoms with Crippen LogP contribution >= 0.6 is 23.2 Å². The highest BCUT2D eigenvalue weighted by Crippen LogP contribution is 2.27. The number of rotatable bonds is 1. The number of nitrogens with zero attached hydrogens (tertiary/aromatic N) is 1. The van der Waals surface area contributed by atoms with E-state index in [0.717, 1.165) is 31.7 Å². The van der Waals surface area contributed by atoms with Gasteiger partial charge in [-0.3, -0.25) is 0 Å². The van der Waals surface area contributed by atoms with Gasteiger partial charge in [0.25, 0.3) is 0 Å². The molecule has 0 aliphatic carbocycles. The summed E-state index contributed by atoms with van der Waals surface area (Å²) in [4.78, 5) is 2.36. The summed E-state index contributed by atoms with van der Waals surface area (Å²) in [6.45, 7) is 5.32. The second-order valence-electron chi connectivity index (χ2n) is 4.21. The molecule has 1 N–H and O–H groups in total. The summed E-state index contributed by atoms with van der Waals surface area (Å²) in [5, 5.41) is 4.80. The highest BCUT2D eigenvalue weighted by atomic mass is 35.5. The van der Waals surface area contributed by atoms with Crippen molar-refractivity contribution in [2.45, 2.75) is 19.4 Å². The highest BCUT2D eigenvalue weighted by Gasteiger charge is 2.17. The maximum Gasteiger partial charge on any atom is 0.0441 e. The molecule has 88 valence electrons. The van der Waals surface area contributed by atoms with Crippen LogP contribution in [0.3, 0.4) is 0 Å². The van der Waals surface area contributed by atoms with Crippen molar-refractivity contribution >= 4 is 28.9 Å². The average Bonchev–Trinajstić information content (AvgIpc) is 2.41. The fourth-order valence-corrected chi connectivity index (χ4v) is 2.61. The molecule has 0 spiro atoms. The highest BCUT2D eigenvalue weighted by molar-refractivity contribution is 6.35. The van der Waals surface area contributed by atoms with E-state index in [4.69, 9.17) is 23.2 Å². The maximum atomic E-state index is 6.03. The van der Waals surface area contributed by atoms with Crippen LogP contribution in [0, 0.1) is 0 Å². The number of nitrogens with one attached hydrogen (secondary N) is 1. The van der Waals surface area contributed by atoms with Crippen LogP contribution in [0.4, 0.5) is 5.69 Å². The van der Waals surface area contributed by atoms with Gasteiger partial charge in [0.05, 0.1) is 0 Å². The number of hydrogen-bond acceptors (Lipinski definition) is 2. The zero-order chi connectivity index (χ0) is 11.5. The predicted molar refractivity (Wildman–Crippen MR) is 70.8 cm³/mol. The predicted octanol–water partition coefficient (Wildman–Crippen LogP) is 3.18. The molecule has 16 heavy (non-hydrogen) atoms. The fraction of sp³-hybridized carbons (Fsp3) is 0.500. The lowest BCUT2D eigenvalue weighted by atomic mass is 10.2. The number of halogens is 2. The van der Waals surface area contributed by atoms with Crippen molar-refractivity contribution in [1.82, 2.24) is 5.32 Å². The van der Waals surface area contributed by atoms with E-state index in [1.54, 1.807) is 6.07 Å². The SMILES string of the molecule is CC1CCNCCN1c1cc(Cl)cc(Cl)c1. The van der Waals surface area contributed by atoms with Gasteiger partial charge in [0, 0.05) is 34.9 Å². The zero-order valence-corrected chi connectivity index (χ0v) is 10.9. The van der Waals surface area contributed by atoms with Crippen LogP contribution in [0.15, 0.2) is 18.2 Å². The molecule has 0 aromatic heterocycles. The quantitative estimate of drug-likeness (QED) is 0.833. The Morgan fingerprint density at radius 3 is 2.56 bits per heavy atom. The molecule has 2 nitrogen and oxygen atoms in total. The van der Waals surface area contributed by atoms with E-state index >= 15 is 0 Å². The molecule has 1 aliphatic heterocycles. The van der Waals surface area contributed by atoms with Gasteiger partial charge in [-0.1, -0.05) is 23.2 Å². The second kappa shape index (κ2) is 5.26. The molecular weight excluding hydrogens is 243 g/mol. The first-order chi connectivity index (χ1) is 7.66. The molecule has 1 saturated heterocycles. The molecule has 1 aromatic carbocycles. The Hall–Kier alpha value is -0.440. The van der Waals surface area contributed by atoms with Crippen LogP contribution in [0.25, 0.3) is 0 Å². The molecule has 1 aromatic rings. The van der Waals surface area contributed by atoms with Gasteiger partial charge in [0.2, 0.25) is 0 Å². The van der Waals surface area contributed by atoms with Gasteiger partial charge in [0.1, 0.15) is 0 Å². The minimum atomic E-state index is 0.518. The van der Waals surface area contributed by atoms with Crippen molar-refractivity contribution in [2.75, 3.05) is 24.5 Å². The normalized spacial score (nSPS) is 21.9. The van der Waals surface area contributed by atoms with Crippen LogP contribution in [-0.2, 0) is 0 Å². The molecule has 0 radical (unpaired) electrons. The Kier molecular flexibility index (Phi) is 3.95. The van der Waals surface area contributed by atoms with E-state index in [1.807, 2.05) is 12.1 Å². The summed E-state index contributed by atoms with van der Waals surface area (Å²) in [6.07, 6.45) is 1.14. The van der Waals surface area contributed by atoms with Crippen molar-refractivity contribution in [3.63, 3.8) is 0 Å². The molecule has 1 unspecified atom stereocenters. The number of benzene rings is 1. The van der Waals surface area contributed by atoms with Crippen LogP contribution in [0.1, 0.15) is 13.3 Å². The van der Waals surface area contributed by atoms with Gasteiger partial charge < -0.3 is 10.2 Å². The van der Waals surface area contributed by atoms with E-state index in [-0.39, 0.29) is 0 Å². The van der Waals surface area contributed by atoms with Gasteiger partial charge >= 0.3 is 0 Å². The lowest BCUT2D eigenvalue weighted by molar-refractivity contribution is 0.631. The zero-order valence-electron chi connectivity index (χ0n) is 9.34. The van der Waals surface area contributed by atoms with Crippen molar-refractivity contribution in [2.24, 2.45) is 0 Å². The van der Waals surface area contributed by atoms with Gasteiger partial charge in [-0.05, 0) is 38.1 Å². The molecule has 2 rings (SSSR count). The lowest BCUT2D eigenvalue weighted by Gasteiger charge is -2.29. The molecule has 1 atom stereocenters. The number of anilines is 1. The summed E-state index contributed by atoms with van der Waals surface area (Å²) in [5.74, 6) is 0. The standard InChI is InChI=1S/C12H16Cl2N2/c1-9-2-3-15-4-5-16(9)12-7-10(13)6-11(14)8-12/h6-9,15H,2-5H2,1H3. The summed E-state index contributed by atoms with van der Waals surface area (Å²) in [6, 6.07) is 6.25. The van der Waals surface area contributed by atoms with Crippen molar-refractivity contribution in [3.05, 3.63) is 28.2 Å². The molecule has 1 fully saturated rings. The van der Waals surface area contributed by atoms with E-state index in [9.17, 15) is 0 Å². The minimum Gasteiger partial charge on any atom is -0.367 e. The van der Waals surface area contributed by atoms with E-state index < -0.39 is 0 Å². The molecule has 0 saturated carbocycles. The van der Waals surface area contributed by atoms with Gasteiger partial charge in [0.15, 0.2) is 0 Å². The molecule has 1 aliphatic rings. The third-order valence-corrected chi connectivity index (χ3v) is 3.42. The first-order valence-electron chi connectivity index (χ1n) is 5.60. The van der Waals surface area contributed by atoms with Gasteiger partial charge in [-0.2, -0.15) is 0 Å². The van der Waals surface area contributed by atoms with Crippen molar-refractivity contribution in [3.8, 4) is 0 Å². The Balaban J connectivity index is 2.26. The lowest BCUT2D eigenvalue weighted by Crippen LogP contribution is -2.34. The minimum absolute atomic E-state index is 0.518. The van der Waals surface area contributed by atoms with Crippen LogP contribution in [0.5, 0.6) is 0 Å². The van der Waals surface area contributed by atoms with Crippen LogP contribution in [-0.4, -0.2) is 25.7 Å². The topological polar surface area (TPSA) is 15.3 Å². The van der Waals surface area contributed by atoms with Crippen LogP contribution < -0.4 is 10.2 Å². The molecule has 4 heteroatoms. The first kappa shape index (κ1) is 12.0. The Morgan fingerprint density at radius 2 is 1.88 bits per heavy atom. The summed E-state index contributed by atoms with van der Waals surface area (Å²) in [5.41, 5.74) is 1.12. The van der Waals surface area contributed by atoms with E-state index in [2.05, 4.69) is 17.1 Å². The maximum absolute atomic E-state index is 6.03. The van der Waals surface area contributed by atoms with E-state index in [1.165, 1.54) is 0 Å². The summed E-state index contributed by atoms with van der Waals surface area (Å²) < 4.78 is 0. The Labute approximate surface area is 107 Å². The number of hydrogen-bond donors (Lipinski definition) is 1. The largest absolute Gasteiger partial charge is 0.367 e. The monoisotopic (exact) mass is 258 g/mol. The van der Waals surface area contributed by atoms with Gasteiger partial charge in [-0.15, -0.1) is 0 Å². The second-order valence-corrected chi connectivity index (χ2v) is 5.08. The molecular formula is C12H16Cl2N2.